The first-order chi connectivity index (χ1) is 10.9. The number of anilines is 1. The van der Waals surface area contributed by atoms with E-state index in [1.54, 1.807) is 49.0 Å². The third kappa shape index (κ3) is 4.73. The summed E-state index contributed by atoms with van der Waals surface area (Å²) in [6.45, 7) is 4.12. The lowest BCUT2D eigenvalue weighted by molar-refractivity contribution is -0.120. The van der Waals surface area contributed by atoms with Crippen molar-refractivity contribution in [1.29, 1.82) is 0 Å². The molecule has 0 fully saturated rings. The van der Waals surface area contributed by atoms with Crippen molar-refractivity contribution in [3.63, 3.8) is 0 Å². The Labute approximate surface area is 143 Å². The summed E-state index contributed by atoms with van der Waals surface area (Å²) < 4.78 is 14.8. The molecule has 0 aliphatic rings. The number of aromatic nitrogens is 2. The van der Waals surface area contributed by atoms with Crippen molar-refractivity contribution in [1.82, 2.24) is 15.1 Å². The average Bonchev–Trinajstić information content (AvgIpc) is 2.87. The summed E-state index contributed by atoms with van der Waals surface area (Å²) in [6, 6.07) is 5.54. The molecule has 0 saturated heterocycles. The average molecular weight is 354 g/mol. The number of nitrogens with one attached hydrogen (secondary N) is 1. The Morgan fingerprint density at radius 3 is 2.61 bits per heavy atom. The Kier molecular flexibility index (Phi) is 6.09. The summed E-state index contributed by atoms with van der Waals surface area (Å²) in [5.74, 6) is -0.744. The Morgan fingerprint density at radius 2 is 2.00 bits per heavy atom. The second-order valence-corrected chi connectivity index (χ2v) is 8.22. The Morgan fingerprint density at radius 1 is 1.30 bits per heavy atom. The second-order valence-electron chi connectivity index (χ2n) is 5.42. The number of likely N-dealkylation sites (N-methyl/N-ethyl adjacent to an activating group) is 1. The predicted octanol–water partition coefficient (Wildman–Crippen LogP) is 3.42. The van der Waals surface area contributed by atoms with Gasteiger partial charge in [-0.15, -0.1) is 10.2 Å². The van der Waals surface area contributed by atoms with Crippen molar-refractivity contribution in [2.24, 2.45) is 0 Å². The molecule has 0 aliphatic carbocycles. The number of hydrogen-bond donors (Lipinski definition) is 1. The van der Waals surface area contributed by atoms with Crippen molar-refractivity contribution < 1.29 is 9.18 Å². The van der Waals surface area contributed by atoms with Gasteiger partial charge in [0.1, 0.15) is 11.9 Å². The summed E-state index contributed by atoms with van der Waals surface area (Å²) in [6.07, 6.45) is 0. The zero-order valence-corrected chi connectivity index (χ0v) is 15.0. The Hall–Kier alpha value is -1.51. The highest BCUT2D eigenvalue weighted by molar-refractivity contribution is 8.01. The van der Waals surface area contributed by atoms with Crippen LogP contribution in [0.1, 0.15) is 25.5 Å². The van der Waals surface area contributed by atoms with Gasteiger partial charge in [-0.1, -0.05) is 55.1 Å². The van der Waals surface area contributed by atoms with Gasteiger partial charge in [0.15, 0.2) is 4.34 Å². The van der Waals surface area contributed by atoms with Crippen LogP contribution in [0.2, 0.25) is 0 Å². The van der Waals surface area contributed by atoms with Crippen molar-refractivity contribution in [3.05, 3.63) is 35.6 Å². The number of amides is 1. The molecule has 0 aliphatic heterocycles. The van der Waals surface area contributed by atoms with E-state index in [0.29, 0.717) is 15.9 Å². The first-order valence-electron chi connectivity index (χ1n) is 7.10. The fourth-order valence-corrected chi connectivity index (χ4v) is 4.01. The van der Waals surface area contributed by atoms with Gasteiger partial charge in [0.05, 0.1) is 0 Å². The minimum atomic E-state index is -0.735. The summed E-state index contributed by atoms with van der Waals surface area (Å²) in [7, 11) is 3.47. The number of benzene rings is 1. The topological polar surface area (TPSA) is 58.1 Å². The first kappa shape index (κ1) is 17.8. The number of carbonyl (C=O) groups is 1. The molecule has 1 unspecified atom stereocenters. The zero-order valence-electron chi connectivity index (χ0n) is 13.4. The van der Waals surface area contributed by atoms with Crippen LogP contribution < -0.4 is 5.32 Å². The number of hydrogen-bond acceptors (Lipinski definition) is 6. The quantitative estimate of drug-likeness (QED) is 0.636. The van der Waals surface area contributed by atoms with Crippen LogP contribution in [-0.4, -0.2) is 40.3 Å². The monoisotopic (exact) mass is 354 g/mol. The van der Waals surface area contributed by atoms with Gasteiger partial charge in [-0.3, -0.25) is 15.0 Å². The summed E-state index contributed by atoms with van der Waals surface area (Å²) >= 11 is 2.90. The predicted molar refractivity (Wildman–Crippen MR) is 92.4 cm³/mol. The van der Waals surface area contributed by atoms with Crippen LogP contribution in [0.15, 0.2) is 28.6 Å². The maximum absolute atomic E-state index is 14.0. The highest BCUT2D eigenvalue weighted by atomic mass is 32.2. The molecule has 1 aromatic heterocycles. The van der Waals surface area contributed by atoms with E-state index in [9.17, 15) is 9.18 Å². The summed E-state index contributed by atoms with van der Waals surface area (Å²) in [4.78, 5) is 14.2. The standard InChI is InChI=1S/C15H19FN4OS2/c1-9(2)22-15-19-18-14(23-15)17-13(21)12(20(3)4)10-7-5-6-8-11(10)16/h5-9,12H,1-4H3,(H,17,18,21). The van der Waals surface area contributed by atoms with Gasteiger partial charge in [-0.05, 0) is 20.2 Å². The van der Waals surface area contributed by atoms with Crippen molar-refractivity contribution in [2.45, 2.75) is 29.5 Å². The highest BCUT2D eigenvalue weighted by Crippen LogP contribution is 2.29. The lowest BCUT2D eigenvalue weighted by atomic mass is 10.0. The zero-order chi connectivity index (χ0) is 17.0. The van der Waals surface area contributed by atoms with E-state index in [1.807, 2.05) is 0 Å². The molecule has 124 valence electrons. The molecule has 1 atom stereocenters. The molecule has 8 heteroatoms. The van der Waals surface area contributed by atoms with Gasteiger partial charge in [0.2, 0.25) is 11.0 Å². The largest absolute Gasteiger partial charge is 0.299 e. The van der Waals surface area contributed by atoms with Crippen molar-refractivity contribution in [3.8, 4) is 0 Å². The third-order valence-electron chi connectivity index (χ3n) is 2.94. The number of thioether (sulfide) groups is 1. The molecule has 1 amide bonds. The summed E-state index contributed by atoms with van der Waals surface area (Å²) in [5.41, 5.74) is 0.330. The highest BCUT2D eigenvalue weighted by Gasteiger charge is 2.26. The van der Waals surface area contributed by atoms with E-state index in [1.165, 1.54) is 17.4 Å². The molecule has 1 N–H and O–H groups in total. The third-order valence-corrected chi connectivity index (χ3v) is 4.86. The van der Waals surface area contributed by atoms with Crippen LogP contribution in [0.5, 0.6) is 0 Å². The normalized spacial score (nSPS) is 12.7. The molecule has 5 nitrogen and oxygen atoms in total. The molecule has 1 aromatic carbocycles. The molecule has 23 heavy (non-hydrogen) atoms. The van der Waals surface area contributed by atoms with Crippen LogP contribution in [-0.2, 0) is 4.79 Å². The molecule has 1 heterocycles. The number of carbonyl (C=O) groups excluding carboxylic acids is 1. The first-order valence-corrected chi connectivity index (χ1v) is 8.80. The minimum Gasteiger partial charge on any atom is -0.299 e. The van der Waals surface area contributed by atoms with E-state index in [4.69, 9.17) is 0 Å². The van der Waals surface area contributed by atoms with E-state index >= 15 is 0 Å². The van der Waals surface area contributed by atoms with Gasteiger partial charge < -0.3 is 0 Å². The number of rotatable bonds is 6. The summed E-state index contributed by atoms with van der Waals surface area (Å²) in [5, 5.41) is 11.5. The molecule has 0 spiro atoms. The molecule has 2 rings (SSSR count). The van der Waals surface area contributed by atoms with E-state index < -0.39 is 11.9 Å². The van der Waals surface area contributed by atoms with Gasteiger partial charge >= 0.3 is 0 Å². The van der Waals surface area contributed by atoms with Crippen LogP contribution in [0.3, 0.4) is 0 Å². The number of halogens is 1. The second kappa shape index (κ2) is 7.85. The molecular weight excluding hydrogens is 335 g/mol. The molecule has 0 radical (unpaired) electrons. The fourth-order valence-electron chi connectivity index (χ4n) is 2.03. The Bertz CT molecular complexity index is 675. The maximum Gasteiger partial charge on any atom is 0.248 e. The van der Waals surface area contributed by atoms with E-state index in [-0.39, 0.29) is 5.91 Å². The van der Waals surface area contributed by atoms with Gasteiger partial charge in [-0.25, -0.2) is 4.39 Å². The van der Waals surface area contributed by atoms with E-state index in [0.717, 1.165) is 4.34 Å². The Balaban J connectivity index is 2.16. The molecule has 0 bridgehead atoms. The van der Waals surface area contributed by atoms with Gasteiger partial charge in [0.25, 0.3) is 0 Å². The molecular formula is C15H19FN4OS2. The lowest BCUT2D eigenvalue weighted by Gasteiger charge is -2.23. The van der Waals surface area contributed by atoms with E-state index in [2.05, 4.69) is 29.4 Å². The van der Waals surface area contributed by atoms with Crippen molar-refractivity contribution in [2.75, 3.05) is 19.4 Å². The lowest BCUT2D eigenvalue weighted by Crippen LogP contribution is -2.32. The smallest absolute Gasteiger partial charge is 0.248 e. The van der Waals surface area contributed by atoms with Crippen LogP contribution in [0.4, 0.5) is 9.52 Å². The SMILES string of the molecule is CC(C)Sc1nnc(NC(=O)C(c2ccccc2F)N(C)C)s1. The number of nitrogens with zero attached hydrogens (tertiary/aromatic N) is 3. The minimum absolute atomic E-state index is 0.330. The fraction of sp³-hybridized carbons (Fsp3) is 0.400. The van der Waals surface area contributed by atoms with Crippen LogP contribution >= 0.6 is 23.1 Å². The van der Waals surface area contributed by atoms with Crippen LogP contribution in [0.25, 0.3) is 0 Å². The molecule has 0 saturated carbocycles. The van der Waals surface area contributed by atoms with Crippen molar-refractivity contribution >= 4 is 34.1 Å². The molecule has 2 aromatic rings. The van der Waals surface area contributed by atoms with Gasteiger partial charge in [-0.2, -0.15) is 0 Å². The van der Waals surface area contributed by atoms with Crippen LogP contribution in [0, 0.1) is 5.82 Å². The van der Waals surface area contributed by atoms with Gasteiger partial charge in [0, 0.05) is 10.8 Å². The maximum atomic E-state index is 14.0.